The van der Waals surface area contributed by atoms with Crippen molar-refractivity contribution in [3.63, 3.8) is 0 Å². The number of ether oxygens (including phenoxy) is 1. The molecule has 112 valence electrons. The van der Waals surface area contributed by atoms with Gasteiger partial charge in [-0.2, -0.15) is 8.78 Å². The number of nitrogens with zero attached hydrogens (tertiary/aromatic N) is 1. The lowest BCUT2D eigenvalue weighted by Crippen LogP contribution is -2.34. The molecule has 0 spiro atoms. The summed E-state index contributed by atoms with van der Waals surface area (Å²) in [7, 11) is 2.16. The fraction of sp³-hybridized carbons (Fsp3) is 0.600. The summed E-state index contributed by atoms with van der Waals surface area (Å²) in [5.74, 6) is 0.951. The van der Waals surface area contributed by atoms with Gasteiger partial charge >= 0.3 is 6.61 Å². The highest BCUT2D eigenvalue weighted by Crippen LogP contribution is 2.16. The molecular formula is C15H22F2N2O. The number of hydrogen-bond donors (Lipinski definition) is 1. The molecule has 20 heavy (non-hydrogen) atoms. The Bertz CT molecular complexity index is 389. The smallest absolute Gasteiger partial charge is 0.387 e. The average Bonchev–Trinajstić information content (AvgIpc) is 2.42. The van der Waals surface area contributed by atoms with Crippen LogP contribution in [0.1, 0.15) is 18.4 Å². The van der Waals surface area contributed by atoms with E-state index in [2.05, 4.69) is 22.0 Å². The minimum Gasteiger partial charge on any atom is -0.435 e. The number of likely N-dealkylation sites (tertiary alicyclic amines) is 1. The highest BCUT2D eigenvalue weighted by molar-refractivity contribution is 5.27. The number of alkyl halides is 2. The number of nitrogens with one attached hydrogen (secondary N) is 1. The fourth-order valence-corrected chi connectivity index (χ4v) is 2.48. The average molecular weight is 284 g/mol. The molecule has 0 atom stereocenters. The van der Waals surface area contributed by atoms with E-state index in [0.29, 0.717) is 0 Å². The van der Waals surface area contributed by atoms with Crippen LogP contribution in [0.5, 0.6) is 5.75 Å². The van der Waals surface area contributed by atoms with Crippen LogP contribution in [0, 0.1) is 5.92 Å². The number of benzene rings is 1. The molecule has 1 heterocycles. The van der Waals surface area contributed by atoms with E-state index in [1.807, 2.05) is 12.1 Å². The molecule has 0 unspecified atom stereocenters. The van der Waals surface area contributed by atoms with Gasteiger partial charge in [-0.05, 0) is 63.1 Å². The van der Waals surface area contributed by atoms with Gasteiger partial charge in [0.2, 0.25) is 0 Å². The van der Waals surface area contributed by atoms with Crippen LogP contribution in [0.2, 0.25) is 0 Å². The number of rotatable bonds is 6. The van der Waals surface area contributed by atoms with Crippen LogP contribution in [-0.4, -0.2) is 38.2 Å². The molecule has 1 aliphatic rings. The highest BCUT2D eigenvalue weighted by Gasteiger charge is 2.15. The Hall–Kier alpha value is -1.20. The predicted octanol–water partition coefficient (Wildman–Crippen LogP) is 2.72. The maximum atomic E-state index is 12.0. The minimum atomic E-state index is -2.76. The van der Waals surface area contributed by atoms with E-state index in [1.165, 1.54) is 25.9 Å². The summed E-state index contributed by atoms with van der Waals surface area (Å²) < 4.78 is 28.4. The van der Waals surface area contributed by atoms with Gasteiger partial charge < -0.3 is 15.0 Å². The molecule has 0 bridgehead atoms. The summed E-state index contributed by atoms with van der Waals surface area (Å²) in [5.41, 5.74) is 1.08. The molecule has 1 fully saturated rings. The van der Waals surface area contributed by atoms with E-state index < -0.39 is 6.61 Å². The first-order valence-electron chi connectivity index (χ1n) is 7.06. The zero-order chi connectivity index (χ0) is 14.4. The van der Waals surface area contributed by atoms with Crippen molar-refractivity contribution in [1.82, 2.24) is 10.2 Å². The second-order valence-corrected chi connectivity index (χ2v) is 5.40. The van der Waals surface area contributed by atoms with Gasteiger partial charge in [-0.1, -0.05) is 12.1 Å². The summed E-state index contributed by atoms with van der Waals surface area (Å²) in [6.07, 6.45) is 2.48. The topological polar surface area (TPSA) is 24.5 Å². The van der Waals surface area contributed by atoms with Crippen LogP contribution in [0.15, 0.2) is 24.3 Å². The second kappa shape index (κ2) is 7.55. The Kier molecular flexibility index (Phi) is 5.73. The van der Waals surface area contributed by atoms with Crippen molar-refractivity contribution >= 4 is 0 Å². The van der Waals surface area contributed by atoms with Gasteiger partial charge in [0.1, 0.15) is 5.75 Å². The molecule has 1 N–H and O–H groups in total. The van der Waals surface area contributed by atoms with Gasteiger partial charge in [0.25, 0.3) is 0 Å². The molecule has 0 amide bonds. The normalized spacial score (nSPS) is 17.6. The van der Waals surface area contributed by atoms with Crippen LogP contribution in [0.4, 0.5) is 8.78 Å². The molecule has 1 saturated heterocycles. The van der Waals surface area contributed by atoms with Crippen LogP contribution in [0.3, 0.4) is 0 Å². The molecule has 0 aliphatic carbocycles. The number of hydrogen-bond acceptors (Lipinski definition) is 3. The maximum absolute atomic E-state index is 12.0. The second-order valence-electron chi connectivity index (χ2n) is 5.40. The number of piperidine rings is 1. The third-order valence-corrected chi connectivity index (χ3v) is 3.75. The zero-order valence-electron chi connectivity index (χ0n) is 11.8. The van der Waals surface area contributed by atoms with Crippen LogP contribution < -0.4 is 10.1 Å². The quantitative estimate of drug-likeness (QED) is 0.869. The Balaban J connectivity index is 1.69. The predicted molar refractivity (Wildman–Crippen MR) is 75.0 cm³/mol. The van der Waals surface area contributed by atoms with Crippen molar-refractivity contribution in [3.05, 3.63) is 29.8 Å². The minimum absolute atomic E-state index is 0.207. The molecule has 3 nitrogen and oxygen atoms in total. The van der Waals surface area contributed by atoms with Crippen molar-refractivity contribution in [2.75, 3.05) is 26.7 Å². The monoisotopic (exact) mass is 284 g/mol. The first-order valence-corrected chi connectivity index (χ1v) is 7.06. The Morgan fingerprint density at radius 1 is 1.25 bits per heavy atom. The van der Waals surface area contributed by atoms with Crippen LogP contribution in [0.25, 0.3) is 0 Å². The van der Waals surface area contributed by atoms with Gasteiger partial charge in [0.15, 0.2) is 0 Å². The molecule has 5 heteroatoms. The molecule has 0 saturated carbocycles. The molecule has 0 aromatic heterocycles. The van der Waals surface area contributed by atoms with E-state index in [1.54, 1.807) is 12.1 Å². The summed E-state index contributed by atoms with van der Waals surface area (Å²) >= 11 is 0. The summed E-state index contributed by atoms with van der Waals surface area (Å²) in [6, 6.07) is 6.80. The molecule has 1 aromatic rings. The van der Waals surface area contributed by atoms with E-state index >= 15 is 0 Å². The van der Waals surface area contributed by atoms with E-state index in [0.717, 1.165) is 24.6 Å². The third-order valence-electron chi connectivity index (χ3n) is 3.75. The molecular weight excluding hydrogens is 262 g/mol. The largest absolute Gasteiger partial charge is 0.435 e. The van der Waals surface area contributed by atoms with Crippen molar-refractivity contribution in [3.8, 4) is 5.75 Å². The SMILES string of the molecule is CN1CCC(CNCc2ccc(OC(F)F)cc2)CC1. The van der Waals surface area contributed by atoms with Gasteiger partial charge in [0.05, 0.1) is 0 Å². The Morgan fingerprint density at radius 2 is 1.90 bits per heavy atom. The summed E-state index contributed by atoms with van der Waals surface area (Å²) in [4.78, 5) is 2.36. The first-order chi connectivity index (χ1) is 9.63. The van der Waals surface area contributed by atoms with Crippen molar-refractivity contribution < 1.29 is 13.5 Å². The van der Waals surface area contributed by atoms with E-state index in [4.69, 9.17) is 0 Å². The lowest BCUT2D eigenvalue weighted by Gasteiger charge is -2.29. The molecule has 2 rings (SSSR count). The van der Waals surface area contributed by atoms with Gasteiger partial charge in [-0.15, -0.1) is 0 Å². The molecule has 1 aliphatic heterocycles. The van der Waals surface area contributed by atoms with Crippen molar-refractivity contribution in [2.45, 2.75) is 26.0 Å². The summed E-state index contributed by atoms with van der Waals surface area (Å²) in [6.45, 7) is 1.37. The van der Waals surface area contributed by atoms with Crippen LogP contribution >= 0.6 is 0 Å². The highest BCUT2D eigenvalue weighted by atomic mass is 19.3. The Labute approximate surface area is 118 Å². The van der Waals surface area contributed by atoms with E-state index in [9.17, 15) is 8.78 Å². The van der Waals surface area contributed by atoms with Crippen molar-refractivity contribution in [2.24, 2.45) is 5.92 Å². The Morgan fingerprint density at radius 3 is 2.50 bits per heavy atom. The standard InChI is InChI=1S/C15H22F2N2O/c1-19-8-6-13(7-9-19)11-18-10-12-2-4-14(5-3-12)20-15(16)17/h2-5,13,15,18H,6-11H2,1H3. The zero-order valence-corrected chi connectivity index (χ0v) is 11.8. The van der Waals surface area contributed by atoms with Gasteiger partial charge in [-0.3, -0.25) is 0 Å². The van der Waals surface area contributed by atoms with Gasteiger partial charge in [-0.25, -0.2) is 0 Å². The molecule has 0 radical (unpaired) electrons. The molecule has 1 aromatic carbocycles. The first kappa shape index (κ1) is 15.2. The van der Waals surface area contributed by atoms with Crippen LogP contribution in [-0.2, 0) is 6.54 Å². The lowest BCUT2D eigenvalue weighted by molar-refractivity contribution is -0.0498. The maximum Gasteiger partial charge on any atom is 0.387 e. The van der Waals surface area contributed by atoms with Crippen molar-refractivity contribution in [1.29, 1.82) is 0 Å². The van der Waals surface area contributed by atoms with Gasteiger partial charge in [0, 0.05) is 6.54 Å². The number of halogens is 2. The lowest BCUT2D eigenvalue weighted by atomic mass is 9.97. The summed E-state index contributed by atoms with van der Waals surface area (Å²) in [5, 5.41) is 3.44. The fourth-order valence-electron chi connectivity index (χ4n) is 2.48. The van der Waals surface area contributed by atoms with E-state index in [-0.39, 0.29) is 5.75 Å². The third kappa shape index (κ3) is 5.06.